The largest absolute Gasteiger partial charge is 0.494 e. The van der Waals surface area contributed by atoms with Crippen LogP contribution in [0.5, 0.6) is 5.75 Å². The third-order valence-corrected chi connectivity index (χ3v) is 5.34. The van der Waals surface area contributed by atoms with Crippen LogP contribution in [-0.2, 0) is 16.6 Å². The molecule has 108 valence electrons. The highest BCUT2D eigenvalue weighted by molar-refractivity contribution is 7.94. The van der Waals surface area contributed by atoms with Gasteiger partial charge in [0.15, 0.2) is 0 Å². The summed E-state index contributed by atoms with van der Waals surface area (Å²) in [6.45, 7) is 2.20. The van der Waals surface area contributed by atoms with Gasteiger partial charge in [-0.25, -0.2) is 8.42 Å². The van der Waals surface area contributed by atoms with Crippen LogP contribution in [0.4, 0.5) is 5.69 Å². The summed E-state index contributed by atoms with van der Waals surface area (Å²) < 4.78 is 32.3. The van der Waals surface area contributed by atoms with Crippen molar-refractivity contribution < 1.29 is 18.3 Å². The first-order chi connectivity index (χ1) is 9.55. The molecule has 0 saturated carbocycles. The molecule has 2 aromatic rings. The second-order valence-corrected chi connectivity index (χ2v) is 6.82. The van der Waals surface area contributed by atoms with Gasteiger partial charge in [0, 0.05) is 6.07 Å². The Balaban J connectivity index is 2.21. The van der Waals surface area contributed by atoms with Crippen LogP contribution in [0.1, 0.15) is 12.5 Å². The Morgan fingerprint density at radius 1 is 1.35 bits per heavy atom. The van der Waals surface area contributed by atoms with Crippen LogP contribution in [0.3, 0.4) is 0 Å². The molecule has 7 heteroatoms. The highest BCUT2D eigenvalue weighted by Gasteiger charge is 2.17. The van der Waals surface area contributed by atoms with Gasteiger partial charge < -0.3 is 9.84 Å². The molecular formula is C13H15NO4S2. The number of thiophene rings is 1. The number of aliphatic hydroxyl groups excluding tert-OH is 1. The van der Waals surface area contributed by atoms with E-state index in [1.54, 1.807) is 29.6 Å². The minimum absolute atomic E-state index is 0.170. The van der Waals surface area contributed by atoms with Gasteiger partial charge in [-0.2, -0.15) is 0 Å². The van der Waals surface area contributed by atoms with E-state index < -0.39 is 10.0 Å². The Hall–Kier alpha value is -1.57. The predicted octanol–water partition coefficient (Wildman–Crippen LogP) is 2.44. The van der Waals surface area contributed by atoms with Crippen molar-refractivity contribution in [3.63, 3.8) is 0 Å². The molecule has 0 saturated heterocycles. The van der Waals surface area contributed by atoms with Gasteiger partial charge in [-0.3, -0.25) is 4.72 Å². The average molecular weight is 313 g/mol. The summed E-state index contributed by atoms with van der Waals surface area (Å²) in [5.74, 6) is 0.606. The number of aliphatic hydroxyl groups is 1. The summed E-state index contributed by atoms with van der Waals surface area (Å²) in [5, 5.41) is 10.6. The van der Waals surface area contributed by atoms with Crippen LogP contribution < -0.4 is 9.46 Å². The highest BCUT2D eigenvalue weighted by Crippen LogP contribution is 2.24. The maximum absolute atomic E-state index is 12.2. The van der Waals surface area contributed by atoms with Gasteiger partial charge in [0.1, 0.15) is 9.96 Å². The number of benzene rings is 1. The molecule has 0 amide bonds. The lowest BCUT2D eigenvalue weighted by Gasteiger charge is -2.08. The molecule has 2 rings (SSSR count). The van der Waals surface area contributed by atoms with E-state index in [4.69, 9.17) is 9.84 Å². The topological polar surface area (TPSA) is 75.6 Å². The molecule has 1 heterocycles. The molecule has 0 aliphatic carbocycles. The maximum atomic E-state index is 12.2. The highest BCUT2D eigenvalue weighted by atomic mass is 32.2. The third-order valence-electron chi connectivity index (χ3n) is 2.47. The third kappa shape index (κ3) is 3.50. The summed E-state index contributed by atoms with van der Waals surface area (Å²) in [6.07, 6.45) is 0. The molecule has 0 spiro atoms. The summed E-state index contributed by atoms with van der Waals surface area (Å²) in [7, 11) is -3.63. The number of anilines is 1. The fourth-order valence-corrected chi connectivity index (χ4v) is 3.85. The lowest BCUT2D eigenvalue weighted by molar-refractivity contribution is 0.282. The van der Waals surface area contributed by atoms with Gasteiger partial charge in [0.25, 0.3) is 10.0 Å². The van der Waals surface area contributed by atoms with Gasteiger partial charge in [-0.1, -0.05) is 6.07 Å². The van der Waals surface area contributed by atoms with Crippen molar-refractivity contribution in [3.8, 4) is 5.75 Å². The van der Waals surface area contributed by atoms with Crippen LogP contribution in [0, 0.1) is 0 Å². The van der Waals surface area contributed by atoms with Gasteiger partial charge in [-0.05, 0) is 36.1 Å². The SMILES string of the molecule is CCOc1cccc(NS(=O)(=O)c2cc(CO)cs2)c1. The first-order valence-electron chi connectivity index (χ1n) is 5.99. The smallest absolute Gasteiger partial charge is 0.271 e. The second kappa shape index (κ2) is 6.25. The quantitative estimate of drug-likeness (QED) is 0.859. The average Bonchev–Trinajstić information content (AvgIpc) is 2.88. The van der Waals surface area contributed by atoms with Gasteiger partial charge >= 0.3 is 0 Å². The molecular weight excluding hydrogens is 298 g/mol. The summed E-state index contributed by atoms with van der Waals surface area (Å²) in [6, 6.07) is 8.22. The Morgan fingerprint density at radius 2 is 2.15 bits per heavy atom. The minimum atomic E-state index is -3.63. The molecule has 0 unspecified atom stereocenters. The van der Waals surface area contributed by atoms with E-state index in [1.165, 1.54) is 6.07 Å². The molecule has 0 atom stereocenters. The number of rotatable bonds is 6. The standard InChI is InChI=1S/C13H15NO4S2/c1-2-18-12-5-3-4-11(7-12)14-20(16,17)13-6-10(8-15)9-19-13/h3-7,9,14-15H,2,8H2,1H3. The summed E-state index contributed by atoms with van der Waals surface area (Å²) >= 11 is 1.07. The number of hydrogen-bond acceptors (Lipinski definition) is 5. The molecule has 20 heavy (non-hydrogen) atoms. The summed E-state index contributed by atoms with van der Waals surface area (Å²) in [5.41, 5.74) is 1.02. The molecule has 0 aliphatic rings. The van der Waals surface area contributed by atoms with E-state index in [0.29, 0.717) is 23.6 Å². The number of hydrogen-bond donors (Lipinski definition) is 2. The Morgan fingerprint density at radius 3 is 2.80 bits per heavy atom. The monoisotopic (exact) mass is 313 g/mol. The molecule has 1 aromatic carbocycles. The van der Waals surface area contributed by atoms with E-state index in [2.05, 4.69) is 4.72 Å². The zero-order valence-corrected chi connectivity index (χ0v) is 12.5. The van der Waals surface area contributed by atoms with Crippen LogP contribution in [0.25, 0.3) is 0 Å². The molecule has 0 fully saturated rings. The molecule has 0 radical (unpaired) electrons. The van der Waals surface area contributed by atoms with Gasteiger partial charge in [0.05, 0.1) is 18.9 Å². The van der Waals surface area contributed by atoms with Crippen LogP contribution >= 0.6 is 11.3 Å². The minimum Gasteiger partial charge on any atom is -0.494 e. The maximum Gasteiger partial charge on any atom is 0.271 e. The fraction of sp³-hybridized carbons (Fsp3) is 0.231. The zero-order chi connectivity index (χ0) is 14.6. The number of sulfonamides is 1. The zero-order valence-electron chi connectivity index (χ0n) is 10.9. The molecule has 2 N–H and O–H groups in total. The van der Waals surface area contributed by atoms with E-state index in [1.807, 2.05) is 6.92 Å². The van der Waals surface area contributed by atoms with E-state index in [0.717, 1.165) is 11.3 Å². The Bertz CT molecular complexity index is 679. The van der Waals surface area contributed by atoms with Crippen molar-refractivity contribution in [2.24, 2.45) is 0 Å². The Labute approximate surface area is 121 Å². The Kier molecular flexibility index (Phi) is 4.64. The van der Waals surface area contributed by atoms with E-state index in [9.17, 15) is 8.42 Å². The van der Waals surface area contributed by atoms with E-state index >= 15 is 0 Å². The molecule has 0 aliphatic heterocycles. The van der Waals surface area contributed by atoms with Crippen LogP contribution in [0.2, 0.25) is 0 Å². The van der Waals surface area contributed by atoms with Crippen molar-refractivity contribution in [2.45, 2.75) is 17.7 Å². The first kappa shape index (κ1) is 14.8. The predicted molar refractivity (Wildman–Crippen MR) is 78.7 cm³/mol. The summed E-state index contributed by atoms with van der Waals surface area (Å²) in [4.78, 5) is 0. The fourth-order valence-electron chi connectivity index (χ4n) is 1.60. The molecule has 5 nitrogen and oxygen atoms in total. The first-order valence-corrected chi connectivity index (χ1v) is 8.35. The lowest BCUT2D eigenvalue weighted by Crippen LogP contribution is -2.11. The van der Waals surface area contributed by atoms with Crippen molar-refractivity contribution in [3.05, 3.63) is 41.3 Å². The number of nitrogens with one attached hydrogen (secondary N) is 1. The second-order valence-electron chi connectivity index (χ2n) is 4.00. The van der Waals surface area contributed by atoms with Crippen molar-refractivity contribution in [2.75, 3.05) is 11.3 Å². The van der Waals surface area contributed by atoms with Gasteiger partial charge in [-0.15, -0.1) is 11.3 Å². The molecule has 1 aromatic heterocycles. The van der Waals surface area contributed by atoms with Crippen molar-refractivity contribution in [1.29, 1.82) is 0 Å². The van der Waals surface area contributed by atoms with Crippen molar-refractivity contribution in [1.82, 2.24) is 0 Å². The van der Waals surface area contributed by atoms with Crippen molar-refractivity contribution >= 4 is 27.0 Å². The van der Waals surface area contributed by atoms with Gasteiger partial charge in [0.2, 0.25) is 0 Å². The van der Waals surface area contributed by atoms with Crippen LogP contribution in [0.15, 0.2) is 39.9 Å². The number of ether oxygens (including phenoxy) is 1. The van der Waals surface area contributed by atoms with E-state index in [-0.39, 0.29) is 10.8 Å². The lowest BCUT2D eigenvalue weighted by atomic mass is 10.3. The molecule has 0 bridgehead atoms. The normalized spacial score (nSPS) is 11.3. The van der Waals surface area contributed by atoms with Crippen LogP contribution in [-0.4, -0.2) is 20.1 Å².